The van der Waals surface area contributed by atoms with Gasteiger partial charge in [0.2, 0.25) is 0 Å². The van der Waals surface area contributed by atoms with Gasteiger partial charge in [-0.05, 0) is 19.3 Å². The molecule has 0 aliphatic heterocycles. The molecule has 0 atom stereocenters. The number of nitriles is 1. The summed E-state index contributed by atoms with van der Waals surface area (Å²) in [5.41, 5.74) is 0.908. The van der Waals surface area contributed by atoms with Crippen LogP contribution in [0.15, 0.2) is 6.20 Å². The van der Waals surface area contributed by atoms with E-state index in [2.05, 4.69) is 11.2 Å². The van der Waals surface area contributed by atoms with Crippen LogP contribution in [-0.4, -0.2) is 20.9 Å². The standard InChI is InChI=1S/C11H11N3O2/c1-14-8(7(2-12)3-13-14)10-4-11(5-10,6-10)9(15)16/h3H,4-6H2,1H3,(H,15,16). The summed E-state index contributed by atoms with van der Waals surface area (Å²) in [4.78, 5) is 11.0. The summed E-state index contributed by atoms with van der Waals surface area (Å²) in [5, 5.41) is 22.1. The Hall–Kier alpha value is -1.83. The van der Waals surface area contributed by atoms with Crippen molar-refractivity contribution in [1.82, 2.24) is 9.78 Å². The zero-order chi connectivity index (χ0) is 11.6. The number of carboxylic acids is 1. The number of nitrogens with zero attached hydrogens (tertiary/aromatic N) is 3. The number of aromatic nitrogens is 2. The summed E-state index contributed by atoms with van der Waals surface area (Å²) in [6, 6.07) is 2.13. The predicted octanol–water partition coefficient (Wildman–Crippen LogP) is 0.798. The lowest BCUT2D eigenvalue weighted by Crippen LogP contribution is -2.68. The third kappa shape index (κ3) is 0.815. The normalized spacial score (nSPS) is 34.8. The lowest BCUT2D eigenvalue weighted by molar-refractivity contribution is -0.195. The molecule has 1 aromatic rings. The van der Waals surface area contributed by atoms with Gasteiger partial charge in [-0.2, -0.15) is 10.4 Å². The van der Waals surface area contributed by atoms with Gasteiger partial charge in [-0.3, -0.25) is 9.48 Å². The summed E-state index contributed by atoms with van der Waals surface area (Å²) in [7, 11) is 1.81. The van der Waals surface area contributed by atoms with Gasteiger partial charge < -0.3 is 5.11 Å². The number of hydrogen-bond donors (Lipinski definition) is 1. The first-order valence-electron chi connectivity index (χ1n) is 5.19. The Balaban J connectivity index is 1.96. The van der Waals surface area contributed by atoms with Crippen LogP contribution in [0.3, 0.4) is 0 Å². The highest BCUT2D eigenvalue weighted by Gasteiger charge is 2.73. The zero-order valence-corrected chi connectivity index (χ0v) is 8.90. The van der Waals surface area contributed by atoms with Crippen LogP contribution in [0.5, 0.6) is 0 Å². The van der Waals surface area contributed by atoms with E-state index in [0.717, 1.165) is 5.69 Å². The van der Waals surface area contributed by atoms with Crippen LogP contribution in [-0.2, 0) is 17.3 Å². The predicted molar refractivity (Wildman–Crippen MR) is 53.5 cm³/mol. The molecule has 1 N–H and O–H groups in total. The molecule has 0 aromatic carbocycles. The fourth-order valence-corrected chi connectivity index (χ4v) is 3.41. The Morgan fingerprint density at radius 3 is 2.75 bits per heavy atom. The molecule has 1 heterocycles. The largest absolute Gasteiger partial charge is 0.481 e. The van der Waals surface area contributed by atoms with Gasteiger partial charge in [0.05, 0.1) is 22.9 Å². The molecule has 0 spiro atoms. The highest BCUT2D eigenvalue weighted by atomic mass is 16.4. The van der Waals surface area contributed by atoms with E-state index in [1.165, 1.54) is 0 Å². The first-order chi connectivity index (χ1) is 7.53. The number of carboxylic acid groups (broad SMARTS) is 1. The molecule has 3 aliphatic rings. The van der Waals surface area contributed by atoms with Crippen molar-refractivity contribution in [2.24, 2.45) is 12.5 Å². The molecule has 5 heteroatoms. The summed E-state index contributed by atoms with van der Waals surface area (Å²) in [6.45, 7) is 0. The first kappa shape index (κ1) is 9.40. The first-order valence-corrected chi connectivity index (χ1v) is 5.19. The van der Waals surface area contributed by atoms with Crippen molar-refractivity contribution >= 4 is 5.97 Å². The van der Waals surface area contributed by atoms with Crippen molar-refractivity contribution in [3.05, 3.63) is 17.5 Å². The highest BCUT2D eigenvalue weighted by molar-refractivity contribution is 5.81. The van der Waals surface area contributed by atoms with Gasteiger partial charge in [-0.25, -0.2) is 0 Å². The number of aliphatic carboxylic acids is 1. The number of carbonyl (C=O) groups is 1. The highest BCUT2D eigenvalue weighted by Crippen LogP contribution is 2.73. The van der Waals surface area contributed by atoms with Gasteiger partial charge >= 0.3 is 5.97 Å². The van der Waals surface area contributed by atoms with Crippen molar-refractivity contribution in [2.75, 3.05) is 0 Å². The van der Waals surface area contributed by atoms with Crippen molar-refractivity contribution in [3.63, 3.8) is 0 Å². The molecule has 5 nitrogen and oxygen atoms in total. The Kier molecular flexibility index (Phi) is 1.44. The van der Waals surface area contributed by atoms with Gasteiger partial charge in [0, 0.05) is 12.5 Å². The smallest absolute Gasteiger partial charge is 0.309 e. The van der Waals surface area contributed by atoms with Crippen molar-refractivity contribution in [1.29, 1.82) is 5.26 Å². The topological polar surface area (TPSA) is 78.9 Å². The minimum Gasteiger partial charge on any atom is -0.481 e. The number of hydrogen-bond acceptors (Lipinski definition) is 3. The minimum atomic E-state index is -0.699. The van der Waals surface area contributed by atoms with Crippen LogP contribution in [0.1, 0.15) is 30.5 Å². The lowest BCUT2D eigenvalue weighted by atomic mass is 9.34. The van der Waals surface area contributed by atoms with Crippen LogP contribution >= 0.6 is 0 Å². The maximum Gasteiger partial charge on any atom is 0.309 e. The second kappa shape index (κ2) is 2.46. The van der Waals surface area contributed by atoms with E-state index in [9.17, 15) is 4.79 Å². The molecule has 16 heavy (non-hydrogen) atoms. The zero-order valence-electron chi connectivity index (χ0n) is 8.90. The van der Waals surface area contributed by atoms with E-state index in [-0.39, 0.29) is 5.41 Å². The average Bonchev–Trinajstić information content (AvgIpc) is 2.43. The van der Waals surface area contributed by atoms with Gasteiger partial charge in [-0.1, -0.05) is 0 Å². The second-order valence-electron chi connectivity index (χ2n) is 5.04. The molecule has 0 saturated heterocycles. The van der Waals surface area contributed by atoms with Crippen molar-refractivity contribution in [3.8, 4) is 6.07 Å². The summed E-state index contributed by atoms with van der Waals surface area (Å²) in [6.07, 6.45) is 3.53. The molecule has 0 amide bonds. The van der Waals surface area contributed by atoms with E-state index in [1.54, 1.807) is 10.9 Å². The quantitative estimate of drug-likeness (QED) is 0.794. The van der Waals surface area contributed by atoms with Crippen LogP contribution in [0.2, 0.25) is 0 Å². The molecule has 4 rings (SSSR count). The van der Waals surface area contributed by atoms with Crippen molar-refractivity contribution in [2.45, 2.75) is 24.7 Å². The molecule has 2 bridgehead atoms. The van der Waals surface area contributed by atoms with E-state index < -0.39 is 11.4 Å². The van der Waals surface area contributed by atoms with E-state index in [1.807, 2.05) is 7.05 Å². The van der Waals surface area contributed by atoms with Gasteiger partial charge in [0.15, 0.2) is 0 Å². The average molecular weight is 217 g/mol. The molecular formula is C11H11N3O2. The van der Waals surface area contributed by atoms with Crippen LogP contribution in [0, 0.1) is 16.7 Å². The molecule has 3 fully saturated rings. The monoisotopic (exact) mass is 217 g/mol. The van der Waals surface area contributed by atoms with Crippen LogP contribution < -0.4 is 0 Å². The fourth-order valence-electron chi connectivity index (χ4n) is 3.41. The molecular weight excluding hydrogens is 206 g/mol. The SMILES string of the molecule is Cn1ncc(C#N)c1C12CC(C(=O)O)(C1)C2. The van der Waals surface area contributed by atoms with Gasteiger partial charge in [0.1, 0.15) is 6.07 Å². The van der Waals surface area contributed by atoms with Crippen molar-refractivity contribution < 1.29 is 9.90 Å². The van der Waals surface area contributed by atoms with E-state index in [4.69, 9.17) is 10.4 Å². The molecule has 1 aromatic heterocycles. The Morgan fingerprint density at radius 1 is 1.62 bits per heavy atom. The van der Waals surface area contributed by atoms with E-state index in [0.29, 0.717) is 24.8 Å². The van der Waals surface area contributed by atoms with E-state index >= 15 is 0 Å². The second-order valence-corrected chi connectivity index (χ2v) is 5.04. The van der Waals surface area contributed by atoms with Gasteiger partial charge in [-0.15, -0.1) is 0 Å². The maximum absolute atomic E-state index is 11.0. The molecule has 0 unspecified atom stereocenters. The summed E-state index contributed by atoms with van der Waals surface area (Å²) >= 11 is 0. The van der Waals surface area contributed by atoms with Crippen LogP contribution in [0.4, 0.5) is 0 Å². The maximum atomic E-state index is 11.0. The number of aryl methyl sites for hydroxylation is 1. The molecule has 82 valence electrons. The molecule has 3 saturated carbocycles. The Morgan fingerprint density at radius 2 is 2.25 bits per heavy atom. The summed E-state index contributed by atoms with van der Waals surface area (Å²) in [5.74, 6) is -0.699. The Bertz CT molecular complexity index is 518. The fraction of sp³-hybridized carbons (Fsp3) is 0.545. The lowest BCUT2D eigenvalue weighted by Gasteiger charge is -2.68. The summed E-state index contributed by atoms with van der Waals surface area (Å²) < 4.78 is 1.71. The minimum absolute atomic E-state index is 0.0886. The molecule has 3 aliphatic carbocycles. The number of rotatable bonds is 2. The molecule has 0 radical (unpaired) electrons. The van der Waals surface area contributed by atoms with Crippen LogP contribution in [0.25, 0.3) is 0 Å². The Labute approximate surface area is 92.3 Å². The third-order valence-electron chi connectivity index (χ3n) is 4.05. The third-order valence-corrected chi connectivity index (χ3v) is 4.05. The van der Waals surface area contributed by atoms with Gasteiger partial charge in [0.25, 0.3) is 0 Å².